The van der Waals surface area contributed by atoms with Crippen LogP contribution in [0.1, 0.15) is 36.5 Å². The summed E-state index contributed by atoms with van der Waals surface area (Å²) >= 11 is 0. The van der Waals surface area contributed by atoms with Gasteiger partial charge < -0.3 is 0 Å². The predicted octanol–water partition coefficient (Wildman–Crippen LogP) is 4.13. The molecule has 2 rings (SSSR count). The summed E-state index contributed by atoms with van der Waals surface area (Å²) < 4.78 is 25.6. The fraction of sp³-hybridized carbons (Fsp3) is 0.235. The molecular weight excluding hydrogens is 285 g/mol. The van der Waals surface area contributed by atoms with E-state index in [4.69, 9.17) is 5.26 Å². The minimum absolute atomic E-state index is 0.141. The Kier molecular flexibility index (Phi) is 4.87. The van der Waals surface area contributed by atoms with E-state index >= 15 is 0 Å². The van der Waals surface area contributed by atoms with Crippen LogP contribution in [0, 0.1) is 17.1 Å². The molecule has 2 aromatic rings. The van der Waals surface area contributed by atoms with E-state index in [-0.39, 0.29) is 5.75 Å². The molecule has 108 valence electrons. The molecule has 1 unspecified atom stereocenters. The molecule has 0 bridgehead atoms. The maximum absolute atomic E-state index is 13.3. The molecule has 0 saturated carbocycles. The van der Waals surface area contributed by atoms with Crippen LogP contribution in [0.3, 0.4) is 0 Å². The zero-order chi connectivity index (χ0) is 15.4. The van der Waals surface area contributed by atoms with Gasteiger partial charge in [-0.3, -0.25) is 4.21 Å². The lowest BCUT2D eigenvalue weighted by molar-refractivity contribution is 0.626. The summed E-state index contributed by atoms with van der Waals surface area (Å²) in [6.07, 6.45) is 0. The third-order valence-corrected chi connectivity index (χ3v) is 4.66. The van der Waals surface area contributed by atoms with Crippen molar-refractivity contribution < 1.29 is 8.60 Å². The van der Waals surface area contributed by atoms with Gasteiger partial charge in [-0.15, -0.1) is 0 Å². The largest absolute Gasteiger partial charge is 0.254 e. The van der Waals surface area contributed by atoms with Gasteiger partial charge in [0.05, 0.1) is 28.2 Å². The van der Waals surface area contributed by atoms with Crippen LogP contribution in [0.15, 0.2) is 47.4 Å². The Bertz CT molecular complexity index is 702. The average molecular weight is 301 g/mol. The summed E-state index contributed by atoms with van der Waals surface area (Å²) in [4.78, 5) is 0.688. The molecule has 1 atom stereocenters. The molecule has 0 saturated heterocycles. The number of nitriles is 1. The minimum Gasteiger partial charge on any atom is -0.254 e. The van der Waals surface area contributed by atoms with Gasteiger partial charge in [0.2, 0.25) is 0 Å². The number of halogens is 1. The van der Waals surface area contributed by atoms with Crippen molar-refractivity contribution in [1.82, 2.24) is 0 Å². The van der Waals surface area contributed by atoms with Gasteiger partial charge in [-0.1, -0.05) is 26.0 Å². The van der Waals surface area contributed by atoms with Crippen LogP contribution in [-0.2, 0) is 16.6 Å². The molecule has 2 nitrogen and oxygen atoms in total. The first-order valence-electron chi connectivity index (χ1n) is 6.68. The third-order valence-electron chi connectivity index (χ3n) is 3.28. The second kappa shape index (κ2) is 6.64. The van der Waals surface area contributed by atoms with Crippen LogP contribution in [-0.4, -0.2) is 4.21 Å². The van der Waals surface area contributed by atoms with Crippen molar-refractivity contribution in [3.05, 3.63) is 65.0 Å². The highest BCUT2D eigenvalue weighted by Crippen LogP contribution is 2.20. The second-order valence-electron chi connectivity index (χ2n) is 5.13. The highest BCUT2D eigenvalue weighted by molar-refractivity contribution is 7.84. The molecule has 0 spiro atoms. The van der Waals surface area contributed by atoms with Gasteiger partial charge in [0.15, 0.2) is 0 Å². The topological polar surface area (TPSA) is 40.9 Å². The number of benzene rings is 2. The molecule has 21 heavy (non-hydrogen) atoms. The molecule has 0 aliphatic heterocycles. The van der Waals surface area contributed by atoms with Crippen molar-refractivity contribution in [1.29, 1.82) is 5.26 Å². The fourth-order valence-corrected chi connectivity index (χ4v) is 3.15. The maximum Gasteiger partial charge on any atom is 0.123 e. The Hall–Kier alpha value is -1.99. The van der Waals surface area contributed by atoms with Crippen molar-refractivity contribution >= 4 is 10.8 Å². The summed E-state index contributed by atoms with van der Waals surface area (Å²) in [7, 11) is -1.29. The van der Waals surface area contributed by atoms with E-state index in [1.165, 1.54) is 23.8 Å². The molecule has 4 heteroatoms. The smallest absolute Gasteiger partial charge is 0.123 e. The Labute approximate surface area is 126 Å². The highest BCUT2D eigenvalue weighted by Gasteiger charge is 2.10. The van der Waals surface area contributed by atoms with Gasteiger partial charge >= 0.3 is 0 Å². The standard InChI is InChI=1S/C17H16FNOS/c1-12(2)13-4-7-17(8-5-13)21(20)11-15-9-16(18)6-3-14(15)10-19/h3-9,12H,11H2,1-2H3. The lowest BCUT2D eigenvalue weighted by atomic mass is 10.0. The first-order chi connectivity index (χ1) is 10.0. The highest BCUT2D eigenvalue weighted by atomic mass is 32.2. The van der Waals surface area contributed by atoms with E-state index in [1.54, 1.807) is 0 Å². The lowest BCUT2D eigenvalue weighted by Gasteiger charge is -2.08. The zero-order valence-electron chi connectivity index (χ0n) is 12.0. The molecule has 0 aliphatic carbocycles. The maximum atomic E-state index is 13.3. The number of rotatable bonds is 4. The third kappa shape index (κ3) is 3.77. The molecule has 2 aromatic carbocycles. The second-order valence-corrected chi connectivity index (χ2v) is 6.58. The summed E-state index contributed by atoms with van der Waals surface area (Å²) in [5.41, 5.74) is 2.02. The Morgan fingerprint density at radius 3 is 2.43 bits per heavy atom. The van der Waals surface area contributed by atoms with E-state index < -0.39 is 16.6 Å². The molecule has 0 radical (unpaired) electrons. The molecule has 0 heterocycles. The lowest BCUT2D eigenvalue weighted by Crippen LogP contribution is -2.00. The summed E-state index contributed by atoms with van der Waals surface area (Å²) in [6.45, 7) is 4.19. The Balaban J connectivity index is 2.22. The van der Waals surface area contributed by atoms with Gasteiger partial charge in [-0.05, 0) is 47.4 Å². The van der Waals surface area contributed by atoms with Gasteiger partial charge in [0, 0.05) is 4.90 Å². The molecule has 0 amide bonds. The first-order valence-corrected chi connectivity index (χ1v) is 8.00. The van der Waals surface area contributed by atoms with Crippen molar-refractivity contribution in [2.75, 3.05) is 0 Å². The number of nitrogens with zero attached hydrogens (tertiary/aromatic N) is 1. The van der Waals surface area contributed by atoms with Crippen LogP contribution in [0.4, 0.5) is 4.39 Å². The van der Waals surface area contributed by atoms with Crippen molar-refractivity contribution in [2.24, 2.45) is 0 Å². The first kappa shape index (κ1) is 15.4. The quantitative estimate of drug-likeness (QED) is 0.852. The van der Waals surface area contributed by atoms with Crippen LogP contribution < -0.4 is 0 Å². The van der Waals surface area contributed by atoms with Crippen molar-refractivity contribution in [3.8, 4) is 6.07 Å². The van der Waals surface area contributed by atoms with Crippen LogP contribution in [0.2, 0.25) is 0 Å². The summed E-state index contributed by atoms with van der Waals surface area (Å²) in [5, 5.41) is 9.02. The fourth-order valence-electron chi connectivity index (χ4n) is 2.02. The van der Waals surface area contributed by atoms with E-state index in [9.17, 15) is 8.60 Å². The van der Waals surface area contributed by atoms with Gasteiger partial charge in [0.1, 0.15) is 5.82 Å². The SMILES string of the molecule is CC(C)c1ccc(S(=O)Cc2cc(F)ccc2C#N)cc1. The van der Waals surface area contributed by atoms with Crippen LogP contribution >= 0.6 is 0 Å². The van der Waals surface area contributed by atoms with Crippen LogP contribution in [0.25, 0.3) is 0 Å². The molecule has 0 aromatic heterocycles. The van der Waals surface area contributed by atoms with Gasteiger partial charge in [-0.25, -0.2) is 4.39 Å². The van der Waals surface area contributed by atoms with Crippen LogP contribution in [0.5, 0.6) is 0 Å². The molecular formula is C17H16FNOS. The average Bonchev–Trinajstić information content (AvgIpc) is 2.47. The summed E-state index contributed by atoms with van der Waals surface area (Å²) in [5.74, 6) is 0.138. The van der Waals surface area contributed by atoms with Crippen molar-refractivity contribution in [3.63, 3.8) is 0 Å². The van der Waals surface area contributed by atoms with E-state index in [2.05, 4.69) is 13.8 Å². The zero-order valence-corrected chi connectivity index (χ0v) is 12.8. The minimum atomic E-state index is -1.29. The normalized spacial score (nSPS) is 12.1. The molecule has 0 N–H and O–H groups in total. The van der Waals surface area contributed by atoms with E-state index in [0.29, 0.717) is 21.9 Å². The Morgan fingerprint density at radius 2 is 1.86 bits per heavy atom. The molecule has 0 aliphatic rings. The molecule has 0 fully saturated rings. The van der Waals surface area contributed by atoms with Gasteiger partial charge in [-0.2, -0.15) is 5.26 Å². The van der Waals surface area contributed by atoms with E-state index in [1.807, 2.05) is 30.3 Å². The monoisotopic (exact) mass is 301 g/mol. The number of hydrogen-bond donors (Lipinski definition) is 0. The summed E-state index contributed by atoms with van der Waals surface area (Å²) in [6, 6.07) is 13.5. The Morgan fingerprint density at radius 1 is 1.19 bits per heavy atom. The predicted molar refractivity (Wildman–Crippen MR) is 81.8 cm³/mol. The number of hydrogen-bond acceptors (Lipinski definition) is 2. The van der Waals surface area contributed by atoms with Crippen molar-refractivity contribution in [2.45, 2.75) is 30.4 Å². The van der Waals surface area contributed by atoms with E-state index in [0.717, 1.165) is 0 Å². The van der Waals surface area contributed by atoms with Gasteiger partial charge in [0.25, 0.3) is 0 Å².